The molecule has 0 bridgehead atoms. The van der Waals surface area contributed by atoms with Gasteiger partial charge in [0.1, 0.15) is 0 Å². The molecule has 1 atom stereocenters. The second-order valence-electron chi connectivity index (χ2n) is 4.94. The molecule has 3 heteroatoms. The molecule has 0 saturated carbocycles. The summed E-state index contributed by atoms with van der Waals surface area (Å²) in [6, 6.07) is 8.26. The van der Waals surface area contributed by atoms with E-state index in [0.717, 1.165) is 12.2 Å². The fourth-order valence-corrected chi connectivity index (χ4v) is 2.25. The van der Waals surface area contributed by atoms with Crippen LogP contribution in [0.1, 0.15) is 34.1 Å². The lowest BCUT2D eigenvalue weighted by atomic mass is 10.0. The van der Waals surface area contributed by atoms with E-state index in [4.69, 9.17) is 5.73 Å². The van der Waals surface area contributed by atoms with Crippen molar-refractivity contribution in [3.8, 4) is 0 Å². The Labute approximate surface area is 109 Å². The quantitative estimate of drug-likeness (QED) is 0.901. The summed E-state index contributed by atoms with van der Waals surface area (Å²) < 4.78 is 2.02. The number of benzene rings is 1. The van der Waals surface area contributed by atoms with Gasteiger partial charge < -0.3 is 5.73 Å². The molecule has 1 unspecified atom stereocenters. The minimum atomic E-state index is -0.0106. The lowest BCUT2D eigenvalue weighted by molar-refractivity contribution is 0.513. The molecule has 96 valence electrons. The Balaban J connectivity index is 2.24. The molecule has 0 aliphatic rings. The number of hydrogen-bond donors (Lipinski definition) is 1. The number of rotatable bonds is 3. The molecule has 2 aromatic rings. The van der Waals surface area contributed by atoms with Crippen LogP contribution in [-0.2, 0) is 6.54 Å². The molecule has 0 aliphatic heterocycles. The van der Waals surface area contributed by atoms with Crippen molar-refractivity contribution in [3.05, 3.63) is 52.3 Å². The van der Waals surface area contributed by atoms with Gasteiger partial charge in [-0.3, -0.25) is 4.68 Å². The third-order valence-electron chi connectivity index (χ3n) is 3.70. The lowest BCUT2D eigenvalue weighted by Gasteiger charge is -2.15. The van der Waals surface area contributed by atoms with Crippen molar-refractivity contribution in [1.82, 2.24) is 9.78 Å². The molecule has 0 fully saturated rings. The van der Waals surface area contributed by atoms with E-state index < -0.39 is 0 Å². The van der Waals surface area contributed by atoms with Gasteiger partial charge in [-0.25, -0.2) is 0 Å². The summed E-state index contributed by atoms with van der Waals surface area (Å²) >= 11 is 0. The Morgan fingerprint density at radius 3 is 2.39 bits per heavy atom. The smallest absolute Gasteiger partial charge is 0.0625 e. The first-order chi connectivity index (χ1) is 8.50. The Hall–Kier alpha value is -1.61. The molecule has 18 heavy (non-hydrogen) atoms. The molecule has 2 N–H and O–H groups in total. The minimum absolute atomic E-state index is 0.0106. The van der Waals surface area contributed by atoms with Crippen molar-refractivity contribution in [1.29, 1.82) is 0 Å². The van der Waals surface area contributed by atoms with Crippen LogP contribution in [-0.4, -0.2) is 9.78 Å². The summed E-state index contributed by atoms with van der Waals surface area (Å²) in [4.78, 5) is 0. The second-order valence-corrected chi connectivity index (χ2v) is 4.94. The van der Waals surface area contributed by atoms with Crippen LogP contribution < -0.4 is 5.73 Å². The van der Waals surface area contributed by atoms with E-state index in [-0.39, 0.29) is 6.04 Å². The third-order valence-corrected chi connectivity index (χ3v) is 3.70. The monoisotopic (exact) mass is 243 g/mol. The topological polar surface area (TPSA) is 43.8 Å². The van der Waals surface area contributed by atoms with E-state index in [1.807, 2.05) is 23.7 Å². The van der Waals surface area contributed by atoms with Gasteiger partial charge in [0, 0.05) is 11.7 Å². The van der Waals surface area contributed by atoms with Gasteiger partial charge in [0.25, 0.3) is 0 Å². The molecule has 0 saturated heterocycles. The number of hydrogen-bond acceptors (Lipinski definition) is 2. The van der Waals surface area contributed by atoms with Crippen molar-refractivity contribution < 1.29 is 0 Å². The van der Waals surface area contributed by atoms with Crippen molar-refractivity contribution in [2.75, 3.05) is 0 Å². The molecule has 1 aromatic heterocycles. The van der Waals surface area contributed by atoms with Gasteiger partial charge in [-0.1, -0.05) is 24.3 Å². The Morgan fingerprint density at radius 1 is 1.17 bits per heavy atom. The van der Waals surface area contributed by atoms with Crippen LogP contribution in [0.25, 0.3) is 0 Å². The average Bonchev–Trinajstić information content (AvgIpc) is 2.57. The zero-order chi connectivity index (χ0) is 13.3. The maximum Gasteiger partial charge on any atom is 0.0625 e. The summed E-state index contributed by atoms with van der Waals surface area (Å²) in [5, 5.41) is 4.54. The van der Waals surface area contributed by atoms with Crippen LogP contribution in [0, 0.1) is 27.7 Å². The SMILES string of the molecule is Cc1ccccc1C(N)Cn1nc(C)c(C)c1C. The highest BCUT2D eigenvalue weighted by atomic mass is 15.3. The standard InChI is InChI=1S/C15H21N3/c1-10-7-5-6-8-14(10)15(16)9-18-13(4)11(2)12(3)17-18/h5-8,15H,9,16H2,1-4H3. The molecule has 2 rings (SSSR count). The van der Waals surface area contributed by atoms with Crippen LogP contribution in [0.4, 0.5) is 0 Å². The number of aromatic nitrogens is 2. The summed E-state index contributed by atoms with van der Waals surface area (Å²) in [6.07, 6.45) is 0. The number of nitrogens with zero attached hydrogens (tertiary/aromatic N) is 2. The first-order valence-electron chi connectivity index (χ1n) is 6.32. The van der Waals surface area contributed by atoms with E-state index in [2.05, 4.69) is 38.0 Å². The zero-order valence-corrected chi connectivity index (χ0v) is 11.6. The highest BCUT2D eigenvalue weighted by molar-refractivity contribution is 5.29. The van der Waals surface area contributed by atoms with Crippen molar-refractivity contribution in [2.45, 2.75) is 40.3 Å². The molecule has 0 spiro atoms. The van der Waals surface area contributed by atoms with Crippen molar-refractivity contribution in [2.24, 2.45) is 5.73 Å². The minimum Gasteiger partial charge on any atom is -0.322 e. The first-order valence-corrected chi connectivity index (χ1v) is 6.32. The van der Waals surface area contributed by atoms with Gasteiger partial charge in [0.2, 0.25) is 0 Å². The maximum atomic E-state index is 6.30. The fraction of sp³-hybridized carbons (Fsp3) is 0.400. The van der Waals surface area contributed by atoms with Crippen LogP contribution in [0.15, 0.2) is 24.3 Å². The maximum absolute atomic E-state index is 6.30. The predicted octanol–water partition coefficient (Wildman–Crippen LogP) is 2.82. The number of aryl methyl sites for hydroxylation is 2. The molecular formula is C15H21N3. The summed E-state index contributed by atoms with van der Waals surface area (Å²) in [6.45, 7) is 9.07. The van der Waals surface area contributed by atoms with Crippen LogP contribution in [0.5, 0.6) is 0 Å². The Kier molecular flexibility index (Phi) is 3.53. The van der Waals surface area contributed by atoms with Gasteiger partial charge in [-0.2, -0.15) is 5.10 Å². The van der Waals surface area contributed by atoms with E-state index >= 15 is 0 Å². The normalized spacial score (nSPS) is 12.7. The number of nitrogens with two attached hydrogens (primary N) is 1. The van der Waals surface area contributed by atoms with E-state index in [1.54, 1.807) is 0 Å². The highest BCUT2D eigenvalue weighted by Crippen LogP contribution is 2.19. The van der Waals surface area contributed by atoms with Gasteiger partial charge in [-0.05, 0) is 44.4 Å². The molecule has 0 amide bonds. The third kappa shape index (κ3) is 2.31. The van der Waals surface area contributed by atoms with Gasteiger partial charge in [-0.15, -0.1) is 0 Å². The van der Waals surface area contributed by atoms with Crippen LogP contribution >= 0.6 is 0 Å². The average molecular weight is 243 g/mol. The van der Waals surface area contributed by atoms with E-state index in [1.165, 1.54) is 22.4 Å². The lowest BCUT2D eigenvalue weighted by Crippen LogP contribution is -2.20. The first kappa shape index (κ1) is 12.8. The predicted molar refractivity (Wildman–Crippen MR) is 74.5 cm³/mol. The second kappa shape index (κ2) is 4.94. The Bertz CT molecular complexity index is 555. The highest BCUT2D eigenvalue weighted by Gasteiger charge is 2.13. The van der Waals surface area contributed by atoms with E-state index in [0.29, 0.717) is 0 Å². The molecular weight excluding hydrogens is 222 g/mol. The largest absolute Gasteiger partial charge is 0.322 e. The molecule has 0 radical (unpaired) electrons. The summed E-state index contributed by atoms with van der Waals surface area (Å²) in [7, 11) is 0. The van der Waals surface area contributed by atoms with Crippen molar-refractivity contribution >= 4 is 0 Å². The molecule has 1 aromatic carbocycles. The van der Waals surface area contributed by atoms with Crippen LogP contribution in [0.2, 0.25) is 0 Å². The van der Waals surface area contributed by atoms with E-state index in [9.17, 15) is 0 Å². The van der Waals surface area contributed by atoms with Crippen molar-refractivity contribution in [3.63, 3.8) is 0 Å². The fourth-order valence-electron chi connectivity index (χ4n) is 2.25. The molecule has 1 heterocycles. The molecule has 0 aliphatic carbocycles. The van der Waals surface area contributed by atoms with Gasteiger partial charge in [0.05, 0.1) is 12.2 Å². The molecule has 3 nitrogen and oxygen atoms in total. The summed E-state index contributed by atoms with van der Waals surface area (Å²) in [5.74, 6) is 0. The van der Waals surface area contributed by atoms with Gasteiger partial charge >= 0.3 is 0 Å². The zero-order valence-electron chi connectivity index (χ0n) is 11.6. The Morgan fingerprint density at radius 2 is 1.83 bits per heavy atom. The van der Waals surface area contributed by atoms with Crippen LogP contribution in [0.3, 0.4) is 0 Å². The summed E-state index contributed by atoms with van der Waals surface area (Å²) in [5.41, 5.74) is 12.3. The van der Waals surface area contributed by atoms with Gasteiger partial charge in [0.15, 0.2) is 0 Å².